The summed E-state index contributed by atoms with van der Waals surface area (Å²) in [5.41, 5.74) is 1.63. The Balaban J connectivity index is 1.53. The SMILES string of the molecule is COc1cc2c(C#N)cnc(N3CCNC(c4ccc5c(c4)OCO5)C3)c2cc1OC. The Morgan fingerprint density at radius 1 is 1.10 bits per heavy atom. The molecule has 1 unspecified atom stereocenters. The molecule has 3 heterocycles. The molecule has 2 aliphatic heterocycles. The van der Waals surface area contributed by atoms with E-state index in [1.165, 1.54) is 0 Å². The average Bonchev–Trinajstić information content (AvgIpc) is 3.30. The Morgan fingerprint density at radius 2 is 1.87 bits per heavy atom. The first kappa shape index (κ1) is 19.3. The van der Waals surface area contributed by atoms with Crippen molar-refractivity contribution in [3.63, 3.8) is 0 Å². The van der Waals surface area contributed by atoms with E-state index in [4.69, 9.17) is 18.9 Å². The Labute approximate surface area is 179 Å². The lowest BCUT2D eigenvalue weighted by Gasteiger charge is -2.35. The fourth-order valence-electron chi connectivity index (χ4n) is 4.19. The molecule has 1 aromatic heterocycles. The summed E-state index contributed by atoms with van der Waals surface area (Å²) in [6.45, 7) is 2.58. The quantitative estimate of drug-likeness (QED) is 0.692. The number of rotatable bonds is 4. The van der Waals surface area contributed by atoms with Gasteiger partial charge in [0, 0.05) is 36.6 Å². The molecule has 0 spiro atoms. The summed E-state index contributed by atoms with van der Waals surface area (Å²) < 4.78 is 21.9. The molecule has 0 radical (unpaired) electrons. The molecule has 1 N–H and O–H groups in total. The second-order valence-corrected chi connectivity index (χ2v) is 7.43. The fraction of sp³-hybridized carbons (Fsp3) is 0.304. The van der Waals surface area contributed by atoms with Crippen molar-refractivity contribution in [1.82, 2.24) is 10.3 Å². The maximum absolute atomic E-state index is 9.59. The molecule has 0 bridgehead atoms. The molecule has 0 saturated carbocycles. The van der Waals surface area contributed by atoms with Crippen LogP contribution in [0.3, 0.4) is 0 Å². The van der Waals surface area contributed by atoms with E-state index in [0.29, 0.717) is 17.1 Å². The van der Waals surface area contributed by atoms with Crippen LogP contribution in [0.5, 0.6) is 23.0 Å². The number of piperazine rings is 1. The van der Waals surface area contributed by atoms with E-state index in [-0.39, 0.29) is 12.8 Å². The van der Waals surface area contributed by atoms with Crippen molar-refractivity contribution in [2.45, 2.75) is 6.04 Å². The summed E-state index contributed by atoms with van der Waals surface area (Å²) >= 11 is 0. The van der Waals surface area contributed by atoms with Gasteiger partial charge in [-0.1, -0.05) is 6.07 Å². The lowest BCUT2D eigenvalue weighted by molar-refractivity contribution is 0.174. The van der Waals surface area contributed by atoms with Gasteiger partial charge in [0.15, 0.2) is 23.0 Å². The Bertz CT molecular complexity index is 1190. The zero-order chi connectivity index (χ0) is 21.4. The predicted molar refractivity (Wildman–Crippen MR) is 115 cm³/mol. The van der Waals surface area contributed by atoms with E-state index in [1.807, 2.05) is 24.3 Å². The minimum Gasteiger partial charge on any atom is -0.493 e. The number of fused-ring (bicyclic) bond motifs is 2. The average molecular weight is 418 g/mol. The summed E-state index contributed by atoms with van der Waals surface area (Å²) in [4.78, 5) is 6.89. The third-order valence-corrected chi connectivity index (χ3v) is 5.77. The first-order valence-electron chi connectivity index (χ1n) is 10.0. The third kappa shape index (κ3) is 3.33. The van der Waals surface area contributed by atoms with Crippen molar-refractivity contribution in [3.05, 3.63) is 47.7 Å². The Morgan fingerprint density at radius 3 is 2.65 bits per heavy atom. The van der Waals surface area contributed by atoms with Gasteiger partial charge in [0.05, 0.1) is 25.8 Å². The highest BCUT2D eigenvalue weighted by Gasteiger charge is 2.26. The van der Waals surface area contributed by atoms with Crippen LogP contribution in [0.1, 0.15) is 17.2 Å². The zero-order valence-corrected chi connectivity index (χ0v) is 17.3. The van der Waals surface area contributed by atoms with Crippen molar-refractivity contribution < 1.29 is 18.9 Å². The molecule has 0 amide bonds. The highest BCUT2D eigenvalue weighted by Crippen LogP contribution is 2.39. The highest BCUT2D eigenvalue weighted by atomic mass is 16.7. The van der Waals surface area contributed by atoms with Gasteiger partial charge in [-0.15, -0.1) is 0 Å². The third-order valence-electron chi connectivity index (χ3n) is 5.77. The van der Waals surface area contributed by atoms with Gasteiger partial charge in [-0.05, 0) is 29.8 Å². The maximum atomic E-state index is 9.59. The van der Waals surface area contributed by atoms with E-state index in [1.54, 1.807) is 20.4 Å². The van der Waals surface area contributed by atoms with Gasteiger partial charge in [0.2, 0.25) is 6.79 Å². The molecule has 2 aliphatic rings. The predicted octanol–water partition coefficient (Wildman–Crippen LogP) is 3.00. The van der Waals surface area contributed by atoms with Crippen LogP contribution in [0.15, 0.2) is 36.5 Å². The number of hydrogen-bond acceptors (Lipinski definition) is 8. The maximum Gasteiger partial charge on any atom is 0.231 e. The summed E-state index contributed by atoms with van der Waals surface area (Å²) in [5.74, 6) is 3.56. The molecular formula is C23H22N4O4. The molecule has 2 aromatic carbocycles. The number of hydrogen-bond donors (Lipinski definition) is 1. The second kappa shape index (κ2) is 7.85. The number of pyridine rings is 1. The zero-order valence-electron chi connectivity index (χ0n) is 17.3. The number of nitriles is 1. The number of ether oxygens (including phenoxy) is 4. The molecule has 158 valence electrons. The Hall–Kier alpha value is -3.70. The molecule has 1 fully saturated rings. The monoisotopic (exact) mass is 418 g/mol. The van der Waals surface area contributed by atoms with Crippen LogP contribution in [-0.2, 0) is 0 Å². The van der Waals surface area contributed by atoms with Gasteiger partial charge in [-0.3, -0.25) is 0 Å². The minimum atomic E-state index is 0.107. The molecule has 1 atom stereocenters. The van der Waals surface area contributed by atoms with Crippen LogP contribution in [-0.4, -0.2) is 45.6 Å². The molecule has 31 heavy (non-hydrogen) atoms. The van der Waals surface area contributed by atoms with Gasteiger partial charge in [0.25, 0.3) is 0 Å². The van der Waals surface area contributed by atoms with E-state index in [0.717, 1.165) is 53.3 Å². The summed E-state index contributed by atoms with van der Waals surface area (Å²) in [6.07, 6.45) is 1.63. The largest absolute Gasteiger partial charge is 0.493 e. The Kier molecular flexibility index (Phi) is 4.88. The summed E-state index contributed by atoms with van der Waals surface area (Å²) in [5, 5.41) is 14.8. The van der Waals surface area contributed by atoms with Crippen LogP contribution in [0, 0.1) is 11.3 Å². The normalized spacial score (nSPS) is 17.5. The molecule has 8 nitrogen and oxygen atoms in total. The smallest absolute Gasteiger partial charge is 0.231 e. The number of benzene rings is 2. The van der Waals surface area contributed by atoms with Gasteiger partial charge in [-0.25, -0.2) is 4.98 Å². The summed E-state index contributed by atoms with van der Waals surface area (Å²) in [7, 11) is 3.19. The molecule has 1 saturated heterocycles. The van der Waals surface area contributed by atoms with Crippen LogP contribution in [0.25, 0.3) is 10.8 Å². The molecule has 5 rings (SSSR count). The van der Waals surface area contributed by atoms with Crippen molar-refractivity contribution in [1.29, 1.82) is 5.26 Å². The van der Waals surface area contributed by atoms with Crippen LogP contribution < -0.4 is 29.2 Å². The van der Waals surface area contributed by atoms with Crippen molar-refractivity contribution in [2.75, 3.05) is 45.5 Å². The number of methoxy groups -OCH3 is 2. The number of aromatic nitrogens is 1. The van der Waals surface area contributed by atoms with Gasteiger partial charge in [0.1, 0.15) is 11.9 Å². The van der Waals surface area contributed by atoms with Crippen molar-refractivity contribution in [3.8, 4) is 29.1 Å². The van der Waals surface area contributed by atoms with Crippen LogP contribution in [0.2, 0.25) is 0 Å². The van der Waals surface area contributed by atoms with Crippen molar-refractivity contribution >= 4 is 16.6 Å². The van der Waals surface area contributed by atoms with Gasteiger partial charge < -0.3 is 29.2 Å². The summed E-state index contributed by atoms with van der Waals surface area (Å²) in [6, 6.07) is 12.1. The number of nitrogens with one attached hydrogen (secondary N) is 1. The molecule has 3 aromatic rings. The highest BCUT2D eigenvalue weighted by molar-refractivity contribution is 5.98. The van der Waals surface area contributed by atoms with Gasteiger partial charge in [-0.2, -0.15) is 5.26 Å². The molecule has 8 heteroatoms. The lowest BCUT2D eigenvalue weighted by atomic mass is 10.0. The van der Waals surface area contributed by atoms with Gasteiger partial charge >= 0.3 is 0 Å². The lowest BCUT2D eigenvalue weighted by Crippen LogP contribution is -2.46. The minimum absolute atomic E-state index is 0.107. The van der Waals surface area contributed by atoms with Crippen LogP contribution >= 0.6 is 0 Å². The van der Waals surface area contributed by atoms with E-state index >= 15 is 0 Å². The number of anilines is 1. The molecule has 0 aliphatic carbocycles. The van der Waals surface area contributed by atoms with E-state index in [9.17, 15) is 5.26 Å². The standard InChI is InChI=1S/C23H22N4O4/c1-28-20-8-16-15(10-24)11-26-23(17(16)9-21(20)29-2)27-6-5-25-18(12-27)14-3-4-19-22(7-14)31-13-30-19/h3-4,7-9,11,18,25H,5-6,12-13H2,1-2H3. The molecular weight excluding hydrogens is 396 g/mol. The first-order valence-corrected chi connectivity index (χ1v) is 10.0. The van der Waals surface area contributed by atoms with E-state index in [2.05, 4.69) is 27.3 Å². The second-order valence-electron chi connectivity index (χ2n) is 7.43. The fourth-order valence-corrected chi connectivity index (χ4v) is 4.19. The van der Waals surface area contributed by atoms with E-state index < -0.39 is 0 Å². The number of nitrogens with zero attached hydrogens (tertiary/aromatic N) is 3. The first-order chi connectivity index (χ1) is 15.2. The topological polar surface area (TPSA) is 88.9 Å². The van der Waals surface area contributed by atoms with Crippen LogP contribution in [0.4, 0.5) is 5.82 Å². The van der Waals surface area contributed by atoms with Crippen molar-refractivity contribution in [2.24, 2.45) is 0 Å².